The molecule has 2 unspecified atom stereocenters. The predicted molar refractivity (Wildman–Crippen MR) is 202 cm³/mol. The Morgan fingerprint density at radius 2 is 0.860 bits per heavy atom. The first-order chi connectivity index (χ1) is 24.6. The van der Waals surface area contributed by atoms with E-state index in [0.29, 0.717) is 13.2 Å². The number of hydrogen-bond donors (Lipinski definition) is 0. The van der Waals surface area contributed by atoms with Crippen molar-refractivity contribution in [3.63, 3.8) is 0 Å². The maximum absolute atomic E-state index is 6.10. The van der Waals surface area contributed by atoms with Crippen LogP contribution in [0.3, 0.4) is 0 Å². The van der Waals surface area contributed by atoms with Gasteiger partial charge in [-0.15, -0.1) is 0 Å². The van der Waals surface area contributed by atoms with Crippen molar-refractivity contribution in [2.45, 2.75) is 78.2 Å². The third-order valence-corrected chi connectivity index (χ3v) is 9.47. The molecule has 50 heavy (non-hydrogen) atoms. The van der Waals surface area contributed by atoms with Gasteiger partial charge in [0.1, 0.15) is 0 Å². The molecule has 0 aromatic heterocycles. The summed E-state index contributed by atoms with van der Waals surface area (Å²) in [5, 5.41) is 0. The van der Waals surface area contributed by atoms with Crippen LogP contribution in [0.5, 0.6) is 0 Å². The normalized spacial score (nSPS) is 17.7. The van der Waals surface area contributed by atoms with E-state index in [1.807, 2.05) is 0 Å². The molecule has 6 nitrogen and oxygen atoms in total. The van der Waals surface area contributed by atoms with Gasteiger partial charge in [0.15, 0.2) is 12.6 Å². The Morgan fingerprint density at radius 3 is 1.22 bits per heavy atom. The number of hydrogen-bond acceptors (Lipinski definition) is 6. The molecule has 7 rings (SSSR count). The molecule has 0 radical (unpaired) electrons. The molecule has 0 amide bonds. The summed E-state index contributed by atoms with van der Waals surface area (Å²) in [7, 11) is 0. The second-order valence-corrected chi connectivity index (χ2v) is 13.4. The summed E-state index contributed by atoms with van der Waals surface area (Å²) in [6.45, 7) is 6.87. The Morgan fingerprint density at radius 1 is 0.480 bits per heavy atom. The van der Waals surface area contributed by atoms with E-state index in [0.717, 1.165) is 97.0 Å². The van der Waals surface area contributed by atoms with Crippen molar-refractivity contribution in [2.24, 2.45) is 0 Å². The van der Waals surface area contributed by atoms with Gasteiger partial charge in [0.2, 0.25) is 0 Å². The number of aryl methyl sites for hydroxylation is 2. The van der Waals surface area contributed by atoms with E-state index in [-0.39, 0.29) is 12.6 Å². The van der Waals surface area contributed by atoms with Gasteiger partial charge < -0.3 is 28.7 Å². The minimum Gasteiger partial charge on any atom is -0.353 e. The fourth-order valence-electron chi connectivity index (χ4n) is 6.60. The van der Waals surface area contributed by atoms with Crippen LogP contribution in [0, 0.1) is 13.8 Å². The molecule has 0 bridgehead atoms. The minimum atomic E-state index is -0.111. The largest absolute Gasteiger partial charge is 0.353 e. The van der Waals surface area contributed by atoms with E-state index in [1.54, 1.807) is 0 Å². The van der Waals surface area contributed by atoms with Crippen LogP contribution in [0.2, 0.25) is 0 Å². The van der Waals surface area contributed by atoms with Crippen LogP contribution < -0.4 is 9.80 Å². The smallest absolute Gasteiger partial charge is 0.158 e. The Kier molecular flexibility index (Phi) is 11.2. The molecular weight excluding hydrogens is 620 g/mol. The summed E-state index contributed by atoms with van der Waals surface area (Å²) in [6.07, 6.45) is 6.23. The molecule has 258 valence electrons. The molecule has 5 aromatic carbocycles. The van der Waals surface area contributed by atoms with Crippen LogP contribution in [0.4, 0.5) is 34.1 Å². The first-order valence-electron chi connectivity index (χ1n) is 18.1. The summed E-state index contributed by atoms with van der Waals surface area (Å²) in [4.78, 5) is 4.64. The molecule has 2 atom stereocenters. The average Bonchev–Trinajstić information content (AvgIpc) is 3.17. The van der Waals surface area contributed by atoms with Crippen LogP contribution >= 0.6 is 0 Å². The highest BCUT2D eigenvalue weighted by molar-refractivity contribution is 5.83. The van der Waals surface area contributed by atoms with Crippen LogP contribution in [0.25, 0.3) is 0 Å². The zero-order valence-electron chi connectivity index (χ0n) is 29.3. The van der Waals surface area contributed by atoms with E-state index in [9.17, 15) is 0 Å². The van der Waals surface area contributed by atoms with Gasteiger partial charge in [-0.05, 0) is 130 Å². The van der Waals surface area contributed by atoms with Gasteiger partial charge in [0, 0.05) is 47.3 Å². The zero-order valence-corrected chi connectivity index (χ0v) is 29.3. The van der Waals surface area contributed by atoms with E-state index in [1.165, 1.54) is 11.1 Å². The van der Waals surface area contributed by atoms with E-state index in [4.69, 9.17) is 18.9 Å². The quantitative estimate of drug-likeness (QED) is 0.132. The van der Waals surface area contributed by atoms with E-state index >= 15 is 0 Å². The van der Waals surface area contributed by atoms with Crippen LogP contribution in [-0.2, 0) is 32.2 Å². The topological polar surface area (TPSA) is 43.4 Å². The number of benzene rings is 5. The molecule has 0 N–H and O–H groups in total. The van der Waals surface area contributed by atoms with Gasteiger partial charge in [-0.3, -0.25) is 0 Å². The van der Waals surface area contributed by atoms with Crippen molar-refractivity contribution in [3.05, 3.63) is 144 Å². The lowest BCUT2D eigenvalue weighted by molar-refractivity contribution is -0.169. The van der Waals surface area contributed by atoms with Crippen molar-refractivity contribution in [1.82, 2.24) is 0 Å². The van der Waals surface area contributed by atoms with Gasteiger partial charge in [-0.2, -0.15) is 0 Å². The molecule has 2 fully saturated rings. The van der Waals surface area contributed by atoms with Gasteiger partial charge in [0.05, 0.1) is 13.2 Å². The lowest BCUT2D eigenvalue weighted by Gasteiger charge is -2.30. The number of anilines is 6. The summed E-state index contributed by atoms with van der Waals surface area (Å²) in [6, 6.07) is 43.6. The first-order valence-corrected chi connectivity index (χ1v) is 18.1. The summed E-state index contributed by atoms with van der Waals surface area (Å²) >= 11 is 0. The molecule has 2 aliphatic heterocycles. The second kappa shape index (κ2) is 16.5. The van der Waals surface area contributed by atoms with Crippen molar-refractivity contribution >= 4 is 34.1 Å². The van der Waals surface area contributed by atoms with Gasteiger partial charge >= 0.3 is 0 Å². The predicted octanol–water partition coefficient (Wildman–Crippen LogP) is 11.3. The van der Waals surface area contributed by atoms with E-state index in [2.05, 4.69) is 145 Å². The van der Waals surface area contributed by atoms with Gasteiger partial charge in [-0.25, -0.2) is 0 Å². The fraction of sp³-hybridized carbons (Fsp3) is 0.318. The first kappa shape index (κ1) is 34.0. The molecular formula is C44H48N2O4. The molecule has 2 saturated heterocycles. The SMILES string of the molecule is Cc1ccc(N(c2ccc(C)cc2)c2cccc(N(c3ccc(COC4CCCCO4)cc3)c3ccc(COC4CCCCO4)cc3)c2)cc1. The van der Waals surface area contributed by atoms with Crippen molar-refractivity contribution in [2.75, 3.05) is 23.0 Å². The Bertz CT molecular complexity index is 1670. The summed E-state index contributed by atoms with van der Waals surface area (Å²) in [5.74, 6) is 0. The lowest BCUT2D eigenvalue weighted by Crippen LogP contribution is -2.22. The van der Waals surface area contributed by atoms with Crippen LogP contribution in [-0.4, -0.2) is 25.8 Å². The highest BCUT2D eigenvalue weighted by Crippen LogP contribution is 2.40. The Balaban J connectivity index is 1.20. The third kappa shape index (κ3) is 8.63. The van der Waals surface area contributed by atoms with Crippen LogP contribution in [0.15, 0.2) is 121 Å². The molecule has 0 aliphatic carbocycles. The van der Waals surface area contributed by atoms with Crippen molar-refractivity contribution in [3.8, 4) is 0 Å². The molecule has 0 spiro atoms. The second-order valence-electron chi connectivity index (χ2n) is 13.4. The summed E-state index contributed by atoms with van der Waals surface area (Å²) in [5.41, 5.74) is 11.2. The Labute approximate surface area is 297 Å². The van der Waals surface area contributed by atoms with Crippen molar-refractivity contribution in [1.29, 1.82) is 0 Å². The number of nitrogens with zero attached hydrogens (tertiary/aromatic N) is 2. The maximum atomic E-state index is 6.10. The minimum absolute atomic E-state index is 0.111. The van der Waals surface area contributed by atoms with Crippen molar-refractivity contribution < 1.29 is 18.9 Å². The molecule has 2 heterocycles. The molecule has 0 saturated carbocycles. The molecule has 5 aromatic rings. The highest BCUT2D eigenvalue weighted by atomic mass is 16.7. The zero-order chi connectivity index (χ0) is 34.1. The number of rotatable bonds is 12. The maximum Gasteiger partial charge on any atom is 0.158 e. The Hall–Kier alpha value is -4.46. The lowest BCUT2D eigenvalue weighted by atomic mass is 10.1. The number of ether oxygens (including phenoxy) is 4. The average molecular weight is 669 g/mol. The standard InChI is InChI=1S/C44H48N2O4/c1-33-12-20-37(21-13-33)45(38-22-14-34(2)15-23-38)41-8-7-9-42(30-41)46(39-24-16-35(17-25-39)31-49-43-10-3-5-28-47-43)40-26-18-36(19-27-40)32-50-44-11-4-6-29-48-44/h7-9,12-27,30,43-44H,3-6,10-11,28-29,31-32H2,1-2H3. The third-order valence-electron chi connectivity index (χ3n) is 9.47. The van der Waals surface area contributed by atoms with Gasteiger partial charge in [0.25, 0.3) is 0 Å². The molecule has 6 heteroatoms. The molecule has 2 aliphatic rings. The van der Waals surface area contributed by atoms with Crippen LogP contribution in [0.1, 0.15) is 60.8 Å². The highest BCUT2D eigenvalue weighted by Gasteiger charge is 2.19. The fourth-order valence-corrected chi connectivity index (χ4v) is 6.60. The van der Waals surface area contributed by atoms with Gasteiger partial charge in [-0.1, -0.05) is 65.7 Å². The monoisotopic (exact) mass is 668 g/mol. The van der Waals surface area contributed by atoms with E-state index < -0.39 is 0 Å². The summed E-state index contributed by atoms with van der Waals surface area (Å²) < 4.78 is 23.8.